The number of sulfonamides is 1. The molecule has 0 aliphatic rings. The zero-order chi connectivity index (χ0) is 25.7. The number of nitrogens with two attached hydrogens (primary N) is 1. The molecule has 1 heterocycles. The third kappa shape index (κ3) is 4.86. The second-order valence-corrected chi connectivity index (χ2v) is 13.9. The second-order valence-electron chi connectivity index (χ2n) is 8.51. The van der Waals surface area contributed by atoms with Crippen molar-refractivity contribution in [3.05, 3.63) is 103 Å². The van der Waals surface area contributed by atoms with E-state index in [1.807, 2.05) is 18.2 Å². The summed E-state index contributed by atoms with van der Waals surface area (Å²) >= 11 is 0. The van der Waals surface area contributed by atoms with E-state index in [0.29, 0.717) is 12.1 Å². The van der Waals surface area contributed by atoms with Crippen molar-refractivity contribution in [3.63, 3.8) is 0 Å². The molecular formula is C27H27N5O3PS+. The van der Waals surface area contributed by atoms with Gasteiger partial charge in [-0.3, -0.25) is 5.84 Å². The number of rotatable bonds is 10. The van der Waals surface area contributed by atoms with Gasteiger partial charge in [0.1, 0.15) is 28.1 Å². The quantitative estimate of drug-likeness (QED) is 0.109. The minimum Gasteiger partial charge on any atom is -0.322 e. The number of hydrogen-bond donors (Lipinski definition) is 3. The van der Waals surface area contributed by atoms with Crippen molar-refractivity contribution >= 4 is 49.9 Å². The lowest BCUT2D eigenvalue weighted by Crippen LogP contribution is -2.34. The summed E-state index contributed by atoms with van der Waals surface area (Å²) in [6.45, 7) is 0.264. The van der Waals surface area contributed by atoms with E-state index in [1.54, 1.807) is 0 Å². The molecule has 4 N–H and O–H groups in total. The van der Waals surface area contributed by atoms with E-state index in [1.165, 1.54) is 28.0 Å². The summed E-state index contributed by atoms with van der Waals surface area (Å²) in [6.07, 6.45) is 1.43. The van der Waals surface area contributed by atoms with Crippen LogP contribution in [0.15, 0.2) is 113 Å². The van der Waals surface area contributed by atoms with Crippen LogP contribution in [0.4, 0.5) is 5.69 Å². The molecule has 0 aliphatic carbocycles. The highest BCUT2D eigenvalue weighted by Crippen LogP contribution is 2.55. The standard InChI is InChI=1S/C27H27N5O3PS/c28-30-24-17-18-25(27-26(24)31-35-32-27)37(33,34)29-19-10-20-36(21-11-4-1-5-12-21,22-13-6-2-7-14-22)23-15-8-3-9-16-23/h1-9,11-18,29-30H,10,19-20,28H2/q+1. The van der Waals surface area contributed by atoms with Gasteiger partial charge in [-0.25, -0.2) is 17.8 Å². The first kappa shape index (κ1) is 25.0. The number of anilines is 1. The van der Waals surface area contributed by atoms with E-state index >= 15 is 0 Å². The van der Waals surface area contributed by atoms with Gasteiger partial charge in [-0.2, -0.15) is 0 Å². The lowest BCUT2D eigenvalue weighted by molar-refractivity contribution is 0.315. The van der Waals surface area contributed by atoms with Crippen molar-refractivity contribution in [2.45, 2.75) is 11.3 Å². The van der Waals surface area contributed by atoms with Gasteiger partial charge in [-0.1, -0.05) is 54.6 Å². The van der Waals surface area contributed by atoms with E-state index in [9.17, 15) is 8.42 Å². The Kier molecular flexibility index (Phi) is 7.30. The number of nitrogens with one attached hydrogen (secondary N) is 2. The molecule has 10 heteroatoms. The summed E-state index contributed by atoms with van der Waals surface area (Å²) in [4.78, 5) is -0.00186. The lowest BCUT2D eigenvalue weighted by Gasteiger charge is -2.27. The third-order valence-corrected chi connectivity index (χ3v) is 12.4. The number of fused-ring (bicyclic) bond motifs is 1. The summed E-state index contributed by atoms with van der Waals surface area (Å²) in [6, 6.07) is 34.5. The van der Waals surface area contributed by atoms with E-state index in [4.69, 9.17) is 10.5 Å². The normalized spacial score (nSPS) is 12.0. The Morgan fingerprint density at radius 1 is 0.730 bits per heavy atom. The molecule has 0 amide bonds. The molecule has 1 aromatic heterocycles. The zero-order valence-corrected chi connectivity index (χ0v) is 21.7. The first-order chi connectivity index (χ1) is 18.1. The molecule has 188 valence electrons. The van der Waals surface area contributed by atoms with Gasteiger partial charge in [0.15, 0.2) is 11.0 Å². The number of nitrogens with zero attached hydrogens (tertiary/aromatic N) is 2. The van der Waals surface area contributed by atoms with Crippen LogP contribution in [0.1, 0.15) is 6.42 Å². The number of hydrogen-bond acceptors (Lipinski definition) is 7. The summed E-state index contributed by atoms with van der Waals surface area (Å²) in [5.74, 6) is 5.50. The van der Waals surface area contributed by atoms with Crippen LogP contribution in [0.5, 0.6) is 0 Å². The van der Waals surface area contributed by atoms with Gasteiger partial charge in [0.2, 0.25) is 10.0 Å². The Morgan fingerprint density at radius 3 is 1.76 bits per heavy atom. The average Bonchev–Trinajstić information content (AvgIpc) is 3.44. The van der Waals surface area contributed by atoms with Gasteiger partial charge in [-0.15, -0.1) is 0 Å². The maximum atomic E-state index is 13.2. The molecule has 0 unspecified atom stereocenters. The maximum absolute atomic E-state index is 13.2. The van der Waals surface area contributed by atoms with Gasteiger partial charge >= 0.3 is 0 Å². The van der Waals surface area contributed by atoms with Crippen molar-refractivity contribution in [1.29, 1.82) is 0 Å². The van der Waals surface area contributed by atoms with Crippen LogP contribution in [0, 0.1) is 0 Å². The fraction of sp³-hybridized carbons (Fsp3) is 0.111. The van der Waals surface area contributed by atoms with Gasteiger partial charge in [0.05, 0.1) is 11.8 Å². The van der Waals surface area contributed by atoms with Crippen LogP contribution in [-0.4, -0.2) is 31.4 Å². The monoisotopic (exact) mass is 532 g/mol. The van der Waals surface area contributed by atoms with E-state index < -0.39 is 17.3 Å². The molecule has 0 aliphatic heterocycles. The topological polar surface area (TPSA) is 123 Å². The first-order valence-electron chi connectivity index (χ1n) is 11.8. The molecule has 0 fully saturated rings. The number of aromatic nitrogens is 2. The van der Waals surface area contributed by atoms with Crippen LogP contribution in [0.2, 0.25) is 0 Å². The number of benzene rings is 4. The molecule has 0 spiro atoms. The van der Waals surface area contributed by atoms with Crippen molar-refractivity contribution < 1.29 is 13.0 Å². The fourth-order valence-electron chi connectivity index (χ4n) is 4.66. The summed E-state index contributed by atoms with van der Waals surface area (Å²) < 4.78 is 34.0. The van der Waals surface area contributed by atoms with Crippen LogP contribution < -0.4 is 31.9 Å². The Hall–Kier alpha value is -3.62. The number of nitrogen functional groups attached to an aromatic ring is 1. The Morgan fingerprint density at radius 2 is 1.24 bits per heavy atom. The highest BCUT2D eigenvalue weighted by Gasteiger charge is 2.44. The molecule has 0 atom stereocenters. The third-order valence-electron chi connectivity index (χ3n) is 6.38. The minimum absolute atomic E-state index is 0.00186. The maximum Gasteiger partial charge on any atom is 0.242 e. The summed E-state index contributed by atoms with van der Waals surface area (Å²) in [7, 11) is -5.90. The highest BCUT2D eigenvalue weighted by molar-refractivity contribution is 7.95. The molecule has 8 nitrogen and oxygen atoms in total. The summed E-state index contributed by atoms with van der Waals surface area (Å²) in [5.41, 5.74) is 3.29. The molecule has 5 aromatic rings. The SMILES string of the molecule is NNc1ccc(S(=O)(=O)NCCC[P+](c2ccccc2)(c2ccccc2)c2ccccc2)c2nonc12. The number of hydrazine groups is 1. The lowest BCUT2D eigenvalue weighted by atomic mass is 10.3. The molecular weight excluding hydrogens is 505 g/mol. The van der Waals surface area contributed by atoms with Crippen LogP contribution in [0.3, 0.4) is 0 Å². The average molecular weight is 533 g/mol. The van der Waals surface area contributed by atoms with E-state index in [2.05, 4.69) is 93.3 Å². The van der Waals surface area contributed by atoms with Crippen molar-refractivity contribution in [2.75, 3.05) is 18.1 Å². The molecule has 0 radical (unpaired) electrons. The van der Waals surface area contributed by atoms with Crippen molar-refractivity contribution in [2.24, 2.45) is 5.84 Å². The van der Waals surface area contributed by atoms with E-state index in [-0.39, 0.29) is 22.5 Å². The molecule has 0 bridgehead atoms. The first-order valence-corrected chi connectivity index (χ1v) is 15.3. The molecule has 5 rings (SSSR count). The Balaban J connectivity index is 1.45. The van der Waals surface area contributed by atoms with Crippen LogP contribution in [0.25, 0.3) is 11.0 Å². The van der Waals surface area contributed by atoms with Crippen molar-refractivity contribution in [1.82, 2.24) is 15.0 Å². The minimum atomic E-state index is -3.86. The molecule has 37 heavy (non-hydrogen) atoms. The van der Waals surface area contributed by atoms with E-state index in [0.717, 1.165) is 6.16 Å². The molecule has 0 saturated carbocycles. The van der Waals surface area contributed by atoms with Crippen LogP contribution in [-0.2, 0) is 10.0 Å². The molecule has 4 aromatic carbocycles. The van der Waals surface area contributed by atoms with Gasteiger partial charge in [0, 0.05) is 6.54 Å². The predicted octanol–water partition coefficient (Wildman–Crippen LogP) is 3.17. The highest BCUT2D eigenvalue weighted by atomic mass is 32.2. The summed E-state index contributed by atoms with van der Waals surface area (Å²) in [5, 5.41) is 11.3. The van der Waals surface area contributed by atoms with Gasteiger partial charge < -0.3 is 5.43 Å². The van der Waals surface area contributed by atoms with Gasteiger partial charge in [-0.05, 0) is 65.3 Å². The predicted molar refractivity (Wildman–Crippen MR) is 149 cm³/mol. The second kappa shape index (κ2) is 10.8. The largest absolute Gasteiger partial charge is 0.322 e. The fourth-order valence-corrected chi connectivity index (χ4v) is 10.2. The zero-order valence-electron chi connectivity index (χ0n) is 20.0. The Bertz CT molecular complexity index is 1480. The molecule has 0 saturated heterocycles. The smallest absolute Gasteiger partial charge is 0.242 e. The van der Waals surface area contributed by atoms with Crippen molar-refractivity contribution in [3.8, 4) is 0 Å². The van der Waals surface area contributed by atoms with Gasteiger partial charge in [0.25, 0.3) is 0 Å². The van der Waals surface area contributed by atoms with Crippen LogP contribution >= 0.6 is 7.26 Å². The Labute approximate surface area is 216 Å².